The molecule has 0 bridgehead atoms. The van der Waals surface area contributed by atoms with Crippen molar-refractivity contribution in [1.82, 2.24) is 9.71 Å². The number of rotatable bonds is 10. The van der Waals surface area contributed by atoms with Gasteiger partial charge in [-0.2, -0.15) is 0 Å². The minimum absolute atomic E-state index is 0.00498. The lowest BCUT2D eigenvalue weighted by Gasteiger charge is -2.17. The van der Waals surface area contributed by atoms with Gasteiger partial charge in [0.1, 0.15) is 0 Å². The summed E-state index contributed by atoms with van der Waals surface area (Å²) in [4.78, 5) is 4.09. The molecule has 0 aliphatic rings. The van der Waals surface area contributed by atoms with Crippen molar-refractivity contribution in [1.29, 1.82) is 0 Å². The first kappa shape index (κ1) is 17.0. The Morgan fingerprint density at radius 1 is 1.25 bits per heavy atom. The highest BCUT2D eigenvalue weighted by molar-refractivity contribution is 7.89. The van der Waals surface area contributed by atoms with Crippen molar-refractivity contribution in [3.63, 3.8) is 0 Å². The molecule has 0 radical (unpaired) electrons. The molecule has 0 spiro atoms. The molecule has 0 saturated heterocycles. The third-order valence-corrected chi connectivity index (χ3v) is 3.88. The minimum atomic E-state index is -3.36. The van der Waals surface area contributed by atoms with Crippen molar-refractivity contribution >= 4 is 10.0 Å². The van der Waals surface area contributed by atoms with E-state index in [4.69, 9.17) is 9.47 Å². The van der Waals surface area contributed by atoms with Crippen LogP contribution in [0.4, 0.5) is 0 Å². The van der Waals surface area contributed by atoms with Crippen molar-refractivity contribution < 1.29 is 17.9 Å². The van der Waals surface area contributed by atoms with Gasteiger partial charge in [-0.1, -0.05) is 6.07 Å². The van der Waals surface area contributed by atoms with E-state index >= 15 is 0 Å². The Morgan fingerprint density at radius 2 is 1.95 bits per heavy atom. The fraction of sp³-hybridized carbons (Fsp3) is 0.615. The van der Waals surface area contributed by atoms with E-state index in [2.05, 4.69) is 9.71 Å². The summed E-state index contributed by atoms with van der Waals surface area (Å²) in [6, 6.07) is 5.44. The van der Waals surface area contributed by atoms with Crippen LogP contribution in [0.2, 0.25) is 0 Å². The number of nitrogens with zero attached hydrogens (tertiary/aromatic N) is 1. The van der Waals surface area contributed by atoms with Crippen LogP contribution in [0.3, 0.4) is 0 Å². The molecule has 6 nitrogen and oxygen atoms in total. The van der Waals surface area contributed by atoms with E-state index in [9.17, 15) is 8.42 Å². The van der Waals surface area contributed by atoms with Crippen LogP contribution < -0.4 is 4.72 Å². The molecule has 1 aromatic rings. The van der Waals surface area contributed by atoms with Crippen molar-refractivity contribution in [2.24, 2.45) is 0 Å². The number of pyridine rings is 1. The fourth-order valence-corrected chi connectivity index (χ4v) is 2.60. The largest absolute Gasteiger partial charge is 0.352 e. The zero-order valence-electron chi connectivity index (χ0n) is 11.9. The van der Waals surface area contributed by atoms with Gasteiger partial charge in [0.25, 0.3) is 0 Å². The molecule has 1 rings (SSSR count). The zero-order chi connectivity index (χ0) is 14.8. The Balaban J connectivity index is 2.40. The summed E-state index contributed by atoms with van der Waals surface area (Å²) in [6.07, 6.45) is 1.48. The SMILES string of the molecule is CCOC(CNS(=O)(=O)CCc1ccccn1)OCC. The van der Waals surface area contributed by atoms with Gasteiger partial charge >= 0.3 is 0 Å². The van der Waals surface area contributed by atoms with E-state index < -0.39 is 16.3 Å². The molecule has 1 N–H and O–H groups in total. The maximum Gasteiger partial charge on any atom is 0.212 e. The highest BCUT2D eigenvalue weighted by atomic mass is 32.2. The Kier molecular flexibility index (Phi) is 7.68. The lowest BCUT2D eigenvalue weighted by Crippen LogP contribution is -2.37. The molecule has 114 valence electrons. The van der Waals surface area contributed by atoms with Crippen molar-refractivity contribution in [2.45, 2.75) is 26.6 Å². The molecule has 0 atom stereocenters. The van der Waals surface area contributed by atoms with Crippen LogP contribution >= 0.6 is 0 Å². The summed E-state index contributed by atoms with van der Waals surface area (Å²) in [5, 5.41) is 0. The van der Waals surface area contributed by atoms with Gasteiger partial charge in [-0.15, -0.1) is 0 Å². The molecule has 7 heteroatoms. The Labute approximate surface area is 120 Å². The second kappa shape index (κ2) is 9.02. The first-order valence-electron chi connectivity index (χ1n) is 6.67. The van der Waals surface area contributed by atoms with Gasteiger partial charge in [0.2, 0.25) is 10.0 Å². The van der Waals surface area contributed by atoms with Crippen LogP contribution in [0.5, 0.6) is 0 Å². The number of sulfonamides is 1. The molecule has 0 saturated carbocycles. The fourth-order valence-electron chi connectivity index (χ4n) is 1.59. The topological polar surface area (TPSA) is 77.5 Å². The monoisotopic (exact) mass is 302 g/mol. The Hall–Kier alpha value is -1.02. The van der Waals surface area contributed by atoms with Crippen molar-refractivity contribution in [2.75, 3.05) is 25.5 Å². The third kappa shape index (κ3) is 6.95. The lowest BCUT2D eigenvalue weighted by molar-refractivity contribution is -0.130. The first-order valence-corrected chi connectivity index (χ1v) is 8.33. The third-order valence-electron chi connectivity index (χ3n) is 2.53. The van der Waals surface area contributed by atoms with Crippen LogP contribution in [0.1, 0.15) is 19.5 Å². The van der Waals surface area contributed by atoms with Crippen LogP contribution in [-0.2, 0) is 25.9 Å². The smallest absolute Gasteiger partial charge is 0.212 e. The summed E-state index contributed by atoms with van der Waals surface area (Å²) >= 11 is 0. The van der Waals surface area contributed by atoms with Crippen LogP contribution in [0, 0.1) is 0 Å². The Bertz CT molecular complexity index is 459. The molecule has 0 fully saturated rings. The molecule has 0 aliphatic heterocycles. The van der Waals surface area contributed by atoms with E-state index in [1.807, 2.05) is 19.9 Å². The predicted octanol–water partition coefficient (Wildman–Crippen LogP) is 0.943. The minimum Gasteiger partial charge on any atom is -0.352 e. The van der Waals surface area contributed by atoms with Gasteiger partial charge in [-0.25, -0.2) is 13.1 Å². The summed E-state index contributed by atoms with van der Waals surface area (Å²) in [7, 11) is -3.36. The summed E-state index contributed by atoms with van der Waals surface area (Å²) in [5.74, 6) is -0.00498. The average Bonchev–Trinajstić information content (AvgIpc) is 2.45. The van der Waals surface area contributed by atoms with Gasteiger partial charge in [-0.05, 0) is 26.0 Å². The number of hydrogen-bond donors (Lipinski definition) is 1. The van der Waals surface area contributed by atoms with Crippen molar-refractivity contribution in [3.8, 4) is 0 Å². The highest BCUT2D eigenvalue weighted by Crippen LogP contribution is 1.99. The van der Waals surface area contributed by atoms with Gasteiger partial charge in [0.05, 0.1) is 12.3 Å². The van der Waals surface area contributed by atoms with E-state index in [1.165, 1.54) is 0 Å². The number of nitrogens with one attached hydrogen (secondary N) is 1. The quantitative estimate of drug-likeness (QED) is 0.651. The summed E-state index contributed by atoms with van der Waals surface area (Å²) < 4.78 is 36.8. The van der Waals surface area contributed by atoms with E-state index in [1.54, 1.807) is 18.3 Å². The molecule has 0 amide bonds. The molecule has 0 unspecified atom stereocenters. The van der Waals surface area contributed by atoms with E-state index in [0.29, 0.717) is 19.6 Å². The number of ether oxygens (including phenoxy) is 2. The highest BCUT2D eigenvalue weighted by Gasteiger charge is 2.15. The zero-order valence-corrected chi connectivity index (χ0v) is 12.7. The molecule has 1 heterocycles. The van der Waals surface area contributed by atoms with Crippen LogP contribution in [0.15, 0.2) is 24.4 Å². The summed E-state index contributed by atoms with van der Waals surface area (Å²) in [5.41, 5.74) is 0.754. The van der Waals surface area contributed by atoms with Crippen LogP contribution in [0.25, 0.3) is 0 Å². The summed E-state index contributed by atoms with van der Waals surface area (Å²) in [6.45, 7) is 4.73. The van der Waals surface area contributed by atoms with Gasteiger partial charge in [0, 0.05) is 31.5 Å². The molecule has 1 aromatic heterocycles. The van der Waals surface area contributed by atoms with Crippen LogP contribution in [-0.4, -0.2) is 45.2 Å². The maximum absolute atomic E-state index is 11.9. The van der Waals surface area contributed by atoms with E-state index in [-0.39, 0.29) is 12.3 Å². The number of aryl methyl sites for hydroxylation is 1. The maximum atomic E-state index is 11.9. The van der Waals surface area contributed by atoms with Gasteiger partial charge in [0.15, 0.2) is 6.29 Å². The predicted molar refractivity (Wildman–Crippen MR) is 76.8 cm³/mol. The van der Waals surface area contributed by atoms with Gasteiger partial charge in [-0.3, -0.25) is 4.98 Å². The molecular weight excluding hydrogens is 280 g/mol. The average molecular weight is 302 g/mol. The van der Waals surface area contributed by atoms with Crippen molar-refractivity contribution in [3.05, 3.63) is 30.1 Å². The molecule has 20 heavy (non-hydrogen) atoms. The lowest BCUT2D eigenvalue weighted by atomic mass is 10.3. The first-order chi connectivity index (χ1) is 9.57. The normalized spacial score (nSPS) is 11.9. The second-order valence-corrected chi connectivity index (χ2v) is 6.01. The molecule has 0 aromatic carbocycles. The number of hydrogen-bond acceptors (Lipinski definition) is 5. The number of aromatic nitrogens is 1. The van der Waals surface area contributed by atoms with Gasteiger partial charge < -0.3 is 9.47 Å². The molecular formula is C13H22N2O4S. The second-order valence-electron chi connectivity index (χ2n) is 4.08. The standard InChI is InChI=1S/C13H22N2O4S/c1-3-18-13(19-4-2)11-15-20(16,17)10-8-12-7-5-6-9-14-12/h5-7,9,13,15H,3-4,8,10-11H2,1-2H3. The van der Waals surface area contributed by atoms with E-state index in [0.717, 1.165) is 5.69 Å². The molecule has 0 aliphatic carbocycles. The Morgan fingerprint density at radius 3 is 2.50 bits per heavy atom.